The first kappa shape index (κ1) is 13.6. The molecule has 0 spiro atoms. The van der Waals surface area contributed by atoms with Crippen LogP contribution in [-0.4, -0.2) is 18.6 Å². The van der Waals surface area contributed by atoms with Crippen molar-refractivity contribution in [3.8, 4) is 0 Å². The third-order valence-electron chi connectivity index (χ3n) is 3.15. The topological polar surface area (TPSA) is 28.2 Å². The van der Waals surface area contributed by atoms with Gasteiger partial charge in [0.25, 0.3) is 0 Å². The molecule has 0 aliphatic heterocycles. The van der Waals surface area contributed by atoms with Crippen LogP contribution in [0.3, 0.4) is 0 Å². The van der Waals surface area contributed by atoms with E-state index in [4.69, 9.17) is 4.98 Å². The fourth-order valence-electron chi connectivity index (χ4n) is 2.22. The van der Waals surface area contributed by atoms with E-state index < -0.39 is 0 Å². The summed E-state index contributed by atoms with van der Waals surface area (Å²) in [6, 6.07) is 14.6. The van der Waals surface area contributed by atoms with Crippen LogP contribution < -0.4 is 10.2 Å². The van der Waals surface area contributed by atoms with Gasteiger partial charge in [-0.2, -0.15) is 0 Å². The normalized spacial score (nSPS) is 10.5. The Hall–Kier alpha value is -1.87. The van der Waals surface area contributed by atoms with Crippen molar-refractivity contribution in [2.24, 2.45) is 0 Å². The highest BCUT2D eigenvalue weighted by atomic mass is 15.2. The molecular formula is C16H21N3. The lowest BCUT2D eigenvalue weighted by atomic mass is 10.2. The van der Waals surface area contributed by atoms with Crippen LogP contribution in [0.15, 0.2) is 42.5 Å². The van der Waals surface area contributed by atoms with Gasteiger partial charge in [-0.15, -0.1) is 0 Å². The Morgan fingerprint density at radius 2 is 1.89 bits per heavy atom. The minimum atomic E-state index is 0.791. The smallest absolute Gasteiger partial charge is 0.133 e. The highest BCUT2D eigenvalue weighted by Crippen LogP contribution is 2.26. The molecule has 0 amide bonds. The predicted molar refractivity (Wildman–Crippen MR) is 80.9 cm³/mol. The molecule has 2 rings (SSSR count). The number of hydrogen-bond acceptors (Lipinski definition) is 3. The molecule has 2 aromatic rings. The molecule has 1 heterocycles. The minimum Gasteiger partial charge on any atom is -0.326 e. The maximum Gasteiger partial charge on any atom is 0.133 e. The first-order valence-electron chi connectivity index (χ1n) is 6.70. The van der Waals surface area contributed by atoms with E-state index in [1.165, 1.54) is 11.3 Å². The number of anilines is 2. The summed E-state index contributed by atoms with van der Waals surface area (Å²) in [5.41, 5.74) is 3.55. The van der Waals surface area contributed by atoms with Gasteiger partial charge in [0.15, 0.2) is 0 Å². The molecule has 0 bridgehead atoms. The Bertz CT molecular complexity index is 537. The summed E-state index contributed by atoms with van der Waals surface area (Å²) in [5, 5.41) is 3.14. The fraction of sp³-hybridized carbons (Fsp3) is 0.312. The lowest BCUT2D eigenvalue weighted by molar-refractivity contribution is 0.788. The van der Waals surface area contributed by atoms with E-state index in [9.17, 15) is 0 Å². The van der Waals surface area contributed by atoms with Gasteiger partial charge in [0, 0.05) is 18.8 Å². The molecule has 1 aromatic carbocycles. The maximum absolute atomic E-state index is 4.71. The number of pyridine rings is 1. The van der Waals surface area contributed by atoms with E-state index in [1.54, 1.807) is 0 Å². The van der Waals surface area contributed by atoms with Gasteiger partial charge in [-0.1, -0.05) is 24.3 Å². The number of hydrogen-bond donors (Lipinski definition) is 1. The molecule has 1 N–H and O–H groups in total. The Morgan fingerprint density at radius 3 is 2.58 bits per heavy atom. The molecule has 0 saturated carbocycles. The summed E-state index contributed by atoms with van der Waals surface area (Å²) >= 11 is 0. The molecule has 0 saturated heterocycles. The number of rotatable bonds is 5. The molecule has 100 valence electrons. The van der Waals surface area contributed by atoms with Gasteiger partial charge in [0.1, 0.15) is 5.82 Å². The zero-order chi connectivity index (χ0) is 13.7. The van der Waals surface area contributed by atoms with E-state index in [-0.39, 0.29) is 0 Å². The van der Waals surface area contributed by atoms with E-state index in [0.717, 1.165) is 24.6 Å². The van der Waals surface area contributed by atoms with Crippen molar-refractivity contribution in [1.29, 1.82) is 0 Å². The van der Waals surface area contributed by atoms with Gasteiger partial charge in [-0.05, 0) is 44.7 Å². The number of aromatic nitrogens is 1. The third kappa shape index (κ3) is 3.12. The standard InChI is InChI=1S/C16H21N3/c1-4-19(15-10-6-5-8-13(15)2)16-11-7-9-14(18-16)12-17-3/h5-11,17H,4,12H2,1-3H3. The van der Waals surface area contributed by atoms with E-state index in [2.05, 4.69) is 60.5 Å². The second kappa shape index (κ2) is 6.34. The Morgan fingerprint density at radius 1 is 1.11 bits per heavy atom. The lowest BCUT2D eigenvalue weighted by Gasteiger charge is -2.24. The number of para-hydroxylation sites is 1. The first-order valence-corrected chi connectivity index (χ1v) is 6.70. The van der Waals surface area contributed by atoms with E-state index in [0.29, 0.717) is 0 Å². The summed E-state index contributed by atoms with van der Waals surface area (Å²) in [5.74, 6) is 1.00. The zero-order valence-electron chi connectivity index (χ0n) is 11.9. The molecule has 0 aliphatic rings. The number of aryl methyl sites for hydroxylation is 1. The first-order chi connectivity index (χ1) is 9.26. The molecular weight excluding hydrogens is 234 g/mol. The predicted octanol–water partition coefficient (Wildman–Crippen LogP) is 3.27. The second-order valence-corrected chi connectivity index (χ2v) is 4.55. The highest BCUT2D eigenvalue weighted by molar-refractivity contribution is 5.63. The number of nitrogens with zero attached hydrogens (tertiary/aromatic N) is 2. The molecule has 3 heteroatoms. The summed E-state index contributed by atoms with van der Waals surface area (Å²) in [6.45, 7) is 5.98. The quantitative estimate of drug-likeness (QED) is 0.888. The van der Waals surface area contributed by atoms with E-state index >= 15 is 0 Å². The summed E-state index contributed by atoms with van der Waals surface area (Å²) in [4.78, 5) is 6.96. The molecule has 0 unspecified atom stereocenters. The third-order valence-corrected chi connectivity index (χ3v) is 3.15. The molecule has 0 radical (unpaired) electrons. The van der Waals surface area contributed by atoms with Gasteiger partial charge in [0.2, 0.25) is 0 Å². The van der Waals surface area contributed by atoms with Crippen LogP contribution in [0, 0.1) is 6.92 Å². The van der Waals surface area contributed by atoms with Crippen molar-refractivity contribution < 1.29 is 0 Å². The summed E-state index contributed by atoms with van der Waals surface area (Å²) in [6.07, 6.45) is 0. The molecule has 0 atom stereocenters. The zero-order valence-corrected chi connectivity index (χ0v) is 11.9. The van der Waals surface area contributed by atoms with Crippen LogP contribution in [0.5, 0.6) is 0 Å². The maximum atomic E-state index is 4.71. The molecule has 0 aliphatic carbocycles. The van der Waals surface area contributed by atoms with E-state index in [1.807, 2.05) is 13.1 Å². The van der Waals surface area contributed by atoms with Crippen molar-refractivity contribution in [1.82, 2.24) is 10.3 Å². The van der Waals surface area contributed by atoms with Crippen molar-refractivity contribution in [3.63, 3.8) is 0 Å². The molecule has 0 fully saturated rings. The van der Waals surface area contributed by atoms with Crippen molar-refractivity contribution in [3.05, 3.63) is 53.7 Å². The molecule has 3 nitrogen and oxygen atoms in total. The molecule has 19 heavy (non-hydrogen) atoms. The van der Waals surface area contributed by atoms with Crippen molar-refractivity contribution in [2.45, 2.75) is 20.4 Å². The number of nitrogens with one attached hydrogen (secondary N) is 1. The monoisotopic (exact) mass is 255 g/mol. The van der Waals surface area contributed by atoms with Crippen LogP contribution in [0.25, 0.3) is 0 Å². The van der Waals surface area contributed by atoms with Gasteiger partial charge in [0.05, 0.1) is 5.69 Å². The average Bonchev–Trinajstić information content (AvgIpc) is 2.43. The Labute approximate surface area is 115 Å². The SMILES string of the molecule is CCN(c1cccc(CNC)n1)c1ccccc1C. The highest BCUT2D eigenvalue weighted by Gasteiger charge is 2.10. The van der Waals surface area contributed by atoms with Gasteiger partial charge in [-0.25, -0.2) is 4.98 Å². The van der Waals surface area contributed by atoms with Gasteiger partial charge < -0.3 is 10.2 Å². The van der Waals surface area contributed by atoms with Gasteiger partial charge in [-0.3, -0.25) is 0 Å². The van der Waals surface area contributed by atoms with Crippen LogP contribution in [-0.2, 0) is 6.54 Å². The van der Waals surface area contributed by atoms with Gasteiger partial charge >= 0.3 is 0 Å². The minimum absolute atomic E-state index is 0.791. The van der Waals surface area contributed by atoms with Crippen LogP contribution in [0.4, 0.5) is 11.5 Å². The Balaban J connectivity index is 2.37. The fourth-order valence-corrected chi connectivity index (χ4v) is 2.22. The van der Waals surface area contributed by atoms with Crippen LogP contribution >= 0.6 is 0 Å². The van der Waals surface area contributed by atoms with Crippen LogP contribution in [0.2, 0.25) is 0 Å². The largest absolute Gasteiger partial charge is 0.326 e. The molecule has 1 aromatic heterocycles. The second-order valence-electron chi connectivity index (χ2n) is 4.55. The van der Waals surface area contributed by atoms with Crippen molar-refractivity contribution >= 4 is 11.5 Å². The Kier molecular flexibility index (Phi) is 4.53. The van der Waals surface area contributed by atoms with Crippen molar-refractivity contribution in [2.75, 3.05) is 18.5 Å². The summed E-state index contributed by atoms with van der Waals surface area (Å²) < 4.78 is 0. The number of benzene rings is 1. The average molecular weight is 255 g/mol. The van der Waals surface area contributed by atoms with Crippen LogP contribution in [0.1, 0.15) is 18.2 Å². The summed E-state index contributed by atoms with van der Waals surface area (Å²) in [7, 11) is 1.94. The lowest BCUT2D eigenvalue weighted by Crippen LogP contribution is -2.19.